The molecule has 2 N–H and O–H groups in total. The molecule has 1 aliphatic rings. The van der Waals surface area contributed by atoms with Crippen LogP contribution in [0.3, 0.4) is 0 Å². The van der Waals surface area contributed by atoms with Gasteiger partial charge in [0.25, 0.3) is 0 Å². The summed E-state index contributed by atoms with van der Waals surface area (Å²) in [6.45, 7) is 5.25. The fraction of sp³-hybridized carbons (Fsp3) is 0.364. The van der Waals surface area contributed by atoms with Crippen LogP contribution >= 0.6 is 0 Å². The summed E-state index contributed by atoms with van der Waals surface area (Å²) >= 11 is 0. The number of ether oxygens (including phenoxy) is 2. The van der Waals surface area contributed by atoms with Gasteiger partial charge < -0.3 is 20.1 Å². The van der Waals surface area contributed by atoms with E-state index in [9.17, 15) is 9.59 Å². The number of carbonyl (C=O) groups excluding carboxylic acids is 2. The molecule has 7 heteroatoms. The summed E-state index contributed by atoms with van der Waals surface area (Å²) in [5, 5.41) is 5.38. The highest BCUT2D eigenvalue weighted by atomic mass is 16.5. The first-order chi connectivity index (χ1) is 14.1. The molecule has 7 nitrogen and oxygen atoms in total. The van der Waals surface area contributed by atoms with Crippen LogP contribution in [0.25, 0.3) is 0 Å². The molecule has 1 fully saturated rings. The maximum absolute atomic E-state index is 12.4. The fourth-order valence-corrected chi connectivity index (χ4v) is 3.33. The molecule has 154 valence electrons. The maximum atomic E-state index is 12.4. The average Bonchev–Trinajstić information content (AvgIpc) is 2.76. The molecule has 1 heterocycles. The number of hydrogen-bond acceptors (Lipinski definition) is 5. The van der Waals surface area contributed by atoms with Crippen molar-refractivity contribution in [3.63, 3.8) is 0 Å². The molecular formula is C22H27N3O4. The van der Waals surface area contributed by atoms with Crippen molar-refractivity contribution in [1.29, 1.82) is 0 Å². The standard InChI is InChI=1S/C22H27N3O4/c1-16-7-9-17(10-8-16)19(25-11-13-29-14-12-25)15-23-21(26)22(27)24-18-5-3-4-6-20(18)28-2/h3-10,19H,11-15H2,1-2H3,(H,23,26)(H,24,27). The number of nitrogens with zero attached hydrogens (tertiary/aromatic N) is 1. The molecule has 2 aromatic carbocycles. The van der Waals surface area contributed by atoms with E-state index in [0.717, 1.165) is 18.7 Å². The van der Waals surface area contributed by atoms with Crippen molar-refractivity contribution in [3.8, 4) is 5.75 Å². The predicted octanol–water partition coefficient (Wildman–Crippen LogP) is 2.13. The summed E-state index contributed by atoms with van der Waals surface area (Å²) in [7, 11) is 1.51. The molecule has 1 saturated heterocycles. The summed E-state index contributed by atoms with van der Waals surface area (Å²) in [6, 6.07) is 15.2. The van der Waals surface area contributed by atoms with Gasteiger partial charge in [-0.05, 0) is 24.6 Å². The monoisotopic (exact) mass is 397 g/mol. The lowest BCUT2D eigenvalue weighted by Crippen LogP contribution is -2.45. The van der Waals surface area contributed by atoms with Crippen molar-refractivity contribution in [3.05, 3.63) is 59.7 Å². The molecule has 0 radical (unpaired) electrons. The van der Waals surface area contributed by atoms with Gasteiger partial charge in [0.15, 0.2) is 0 Å². The van der Waals surface area contributed by atoms with Gasteiger partial charge in [0, 0.05) is 19.6 Å². The quantitative estimate of drug-likeness (QED) is 0.730. The second-order valence-electron chi connectivity index (χ2n) is 6.94. The topological polar surface area (TPSA) is 79.9 Å². The van der Waals surface area contributed by atoms with Crippen molar-refractivity contribution < 1.29 is 19.1 Å². The Kier molecular flexibility index (Phi) is 7.21. The molecule has 29 heavy (non-hydrogen) atoms. The van der Waals surface area contributed by atoms with Gasteiger partial charge in [-0.1, -0.05) is 42.0 Å². The third kappa shape index (κ3) is 5.56. The summed E-state index contributed by atoms with van der Waals surface area (Å²) < 4.78 is 10.7. The van der Waals surface area contributed by atoms with Crippen molar-refractivity contribution >= 4 is 17.5 Å². The van der Waals surface area contributed by atoms with Gasteiger partial charge in [-0.3, -0.25) is 14.5 Å². The number of morpholine rings is 1. The molecule has 0 saturated carbocycles. The predicted molar refractivity (Wildman–Crippen MR) is 111 cm³/mol. The number of carbonyl (C=O) groups is 2. The van der Waals surface area contributed by atoms with E-state index in [0.29, 0.717) is 31.2 Å². The lowest BCUT2D eigenvalue weighted by Gasteiger charge is -2.35. The lowest BCUT2D eigenvalue weighted by molar-refractivity contribution is -0.136. The Morgan fingerprint density at radius 2 is 1.76 bits per heavy atom. The highest BCUT2D eigenvalue weighted by Crippen LogP contribution is 2.23. The molecule has 1 aliphatic heterocycles. The smallest absolute Gasteiger partial charge is 0.313 e. The number of benzene rings is 2. The van der Waals surface area contributed by atoms with E-state index in [-0.39, 0.29) is 6.04 Å². The molecule has 1 unspecified atom stereocenters. The first-order valence-corrected chi connectivity index (χ1v) is 9.69. The zero-order chi connectivity index (χ0) is 20.6. The number of nitrogens with one attached hydrogen (secondary N) is 2. The Hall–Kier alpha value is -2.90. The second-order valence-corrected chi connectivity index (χ2v) is 6.94. The summed E-state index contributed by atoms with van der Waals surface area (Å²) in [5.74, 6) is -0.903. The van der Waals surface area contributed by atoms with Gasteiger partial charge in [-0.2, -0.15) is 0 Å². The Morgan fingerprint density at radius 1 is 1.07 bits per heavy atom. The van der Waals surface area contributed by atoms with Gasteiger partial charge in [0.2, 0.25) is 0 Å². The van der Waals surface area contributed by atoms with Crippen LogP contribution in [-0.2, 0) is 14.3 Å². The van der Waals surface area contributed by atoms with Crippen molar-refractivity contribution in [2.75, 3.05) is 45.3 Å². The van der Waals surface area contributed by atoms with Gasteiger partial charge in [-0.25, -0.2) is 0 Å². The summed E-state index contributed by atoms with van der Waals surface area (Å²) in [5.41, 5.74) is 2.73. The largest absolute Gasteiger partial charge is 0.495 e. The molecule has 3 rings (SSSR count). The third-order valence-electron chi connectivity index (χ3n) is 4.97. The lowest BCUT2D eigenvalue weighted by atomic mass is 10.0. The normalized spacial score (nSPS) is 15.4. The minimum atomic E-state index is -0.723. The van der Waals surface area contributed by atoms with Crippen LogP contribution in [0.4, 0.5) is 5.69 Å². The van der Waals surface area contributed by atoms with Crippen LogP contribution in [0.1, 0.15) is 17.2 Å². The number of methoxy groups -OCH3 is 1. The van der Waals surface area contributed by atoms with Crippen LogP contribution in [-0.4, -0.2) is 56.7 Å². The Balaban J connectivity index is 1.65. The second kappa shape index (κ2) is 10.0. The zero-order valence-corrected chi connectivity index (χ0v) is 16.8. The van der Waals surface area contributed by atoms with E-state index in [1.54, 1.807) is 24.3 Å². The van der Waals surface area contributed by atoms with Crippen molar-refractivity contribution in [1.82, 2.24) is 10.2 Å². The van der Waals surface area contributed by atoms with E-state index in [1.165, 1.54) is 12.7 Å². The number of anilines is 1. The van der Waals surface area contributed by atoms with Crippen LogP contribution in [0.15, 0.2) is 48.5 Å². The number of aryl methyl sites for hydroxylation is 1. The van der Waals surface area contributed by atoms with Crippen molar-refractivity contribution in [2.24, 2.45) is 0 Å². The minimum absolute atomic E-state index is 0.0255. The minimum Gasteiger partial charge on any atom is -0.495 e. The molecule has 0 aliphatic carbocycles. The number of hydrogen-bond donors (Lipinski definition) is 2. The fourth-order valence-electron chi connectivity index (χ4n) is 3.33. The Morgan fingerprint density at radius 3 is 2.45 bits per heavy atom. The van der Waals surface area contributed by atoms with E-state index in [4.69, 9.17) is 9.47 Å². The van der Waals surface area contributed by atoms with Gasteiger partial charge in [0.05, 0.1) is 32.1 Å². The summed E-state index contributed by atoms with van der Waals surface area (Å²) in [4.78, 5) is 27.0. The molecule has 0 spiro atoms. The van der Waals surface area contributed by atoms with Crippen molar-refractivity contribution in [2.45, 2.75) is 13.0 Å². The molecular weight excluding hydrogens is 370 g/mol. The van der Waals surface area contributed by atoms with Crippen LogP contribution in [0.2, 0.25) is 0 Å². The summed E-state index contributed by atoms with van der Waals surface area (Å²) in [6.07, 6.45) is 0. The molecule has 1 atom stereocenters. The van der Waals surface area contributed by atoms with E-state index < -0.39 is 11.8 Å². The Labute approximate surface area is 171 Å². The highest BCUT2D eigenvalue weighted by Gasteiger charge is 2.24. The van der Waals surface area contributed by atoms with Crippen LogP contribution in [0.5, 0.6) is 5.75 Å². The van der Waals surface area contributed by atoms with Crippen LogP contribution < -0.4 is 15.4 Å². The van der Waals surface area contributed by atoms with Crippen LogP contribution in [0, 0.1) is 6.92 Å². The number of para-hydroxylation sites is 2. The van der Waals surface area contributed by atoms with Gasteiger partial charge >= 0.3 is 11.8 Å². The van der Waals surface area contributed by atoms with Gasteiger partial charge in [0.1, 0.15) is 5.75 Å². The molecule has 0 aromatic heterocycles. The van der Waals surface area contributed by atoms with E-state index in [2.05, 4.69) is 39.8 Å². The highest BCUT2D eigenvalue weighted by molar-refractivity contribution is 6.39. The Bertz CT molecular complexity index is 832. The number of amides is 2. The van der Waals surface area contributed by atoms with E-state index in [1.807, 2.05) is 6.92 Å². The first-order valence-electron chi connectivity index (χ1n) is 9.69. The number of rotatable bonds is 6. The SMILES string of the molecule is COc1ccccc1NC(=O)C(=O)NCC(c1ccc(C)cc1)N1CCOCC1. The first kappa shape index (κ1) is 20.8. The zero-order valence-electron chi connectivity index (χ0n) is 16.8. The maximum Gasteiger partial charge on any atom is 0.313 e. The average molecular weight is 397 g/mol. The third-order valence-corrected chi connectivity index (χ3v) is 4.97. The van der Waals surface area contributed by atoms with E-state index >= 15 is 0 Å². The molecule has 0 bridgehead atoms. The molecule has 2 aromatic rings. The molecule has 2 amide bonds. The van der Waals surface area contributed by atoms with Gasteiger partial charge in [-0.15, -0.1) is 0 Å².